The lowest BCUT2D eigenvalue weighted by Crippen LogP contribution is -2.20. The Kier molecular flexibility index (Phi) is 5.94. The lowest BCUT2D eigenvalue weighted by Gasteiger charge is -2.18. The molecule has 7 nitrogen and oxygen atoms in total. The Labute approximate surface area is 156 Å². The van der Waals surface area contributed by atoms with Gasteiger partial charge in [0, 0.05) is 23.4 Å². The zero-order chi connectivity index (χ0) is 19.1. The molecular formula is C20H19NO6. The van der Waals surface area contributed by atoms with Crippen molar-refractivity contribution in [3.05, 3.63) is 54.1 Å². The molecule has 1 amide bonds. The van der Waals surface area contributed by atoms with Crippen LogP contribution in [0.25, 0.3) is 6.08 Å². The fourth-order valence-electron chi connectivity index (χ4n) is 2.46. The van der Waals surface area contributed by atoms with Gasteiger partial charge in [-0.15, -0.1) is 0 Å². The summed E-state index contributed by atoms with van der Waals surface area (Å²) in [5.74, 6) is 0.754. The van der Waals surface area contributed by atoms with Crippen LogP contribution in [0.2, 0.25) is 0 Å². The summed E-state index contributed by atoms with van der Waals surface area (Å²) in [6.45, 7) is 0.557. The number of hydrogen-bond acceptors (Lipinski definition) is 6. The van der Waals surface area contributed by atoms with Crippen molar-refractivity contribution < 1.29 is 28.5 Å². The summed E-state index contributed by atoms with van der Waals surface area (Å²) in [7, 11) is 1.55. The maximum Gasteiger partial charge on any atom is 0.331 e. The first-order chi connectivity index (χ1) is 13.2. The third-order valence-electron chi connectivity index (χ3n) is 3.71. The van der Waals surface area contributed by atoms with Gasteiger partial charge in [-0.1, -0.05) is 18.2 Å². The first-order valence-electron chi connectivity index (χ1n) is 8.33. The van der Waals surface area contributed by atoms with Crippen molar-refractivity contribution in [2.75, 3.05) is 32.2 Å². The molecule has 1 aliphatic rings. The van der Waals surface area contributed by atoms with Crippen LogP contribution >= 0.6 is 0 Å². The van der Waals surface area contributed by atoms with Gasteiger partial charge in [0.2, 0.25) is 0 Å². The second-order valence-corrected chi connectivity index (χ2v) is 5.59. The summed E-state index contributed by atoms with van der Waals surface area (Å²) in [6, 6.07) is 12.3. The van der Waals surface area contributed by atoms with Crippen molar-refractivity contribution in [2.24, 2.45) is 0 Å². The molecule has 0 atom stereocenters. The summed E-state index contributed by atoms with van der Waals surface area (Å²) in [5.41, 5.74) is 1.27. The summed E-state index contributed by atoms with van der Waals surface area (Å²) in [5, 5.41) is 2.64. The molecule has 0 fully saturated rings. The first-order valence-corrected chi connectivity index (χ1v) is 8.33. The van der Waals surface area contributed by atoms with Gasteiger partial charge >= 0.3 is 5.97 Å². The maximum atomic E-state index is 12.0. The molecule has 0 radical (unpaired) electrons. The van der Waals surface area contributed by atoms with E-state index in [1.165, 1.54) is 6.08 Å². The standard InChI is InChI=1S/C20H19NO6/c1-24-16-5-3-2-4-14(16)6-9-20(23)27-13-19(22)21-15-7-8-17-18(12-15)26-11-10-25-17/h2-9,12H,10-11,13H2,1H3,(H,21,22)/b9-6+. The van der Waals surface area contributed by atoms with E-state index in [1.54, 1.807) is 43.5 Å². The van der Waals surface area contributed by atoms with E-state index in [9.17, 15) is 9.59 Å². The van der Waals surface area contributed by atoms with Crippen LogP contribution in [0.3, 0.4) is 0 Å². The molecule has 27 heavy (non-hydrogen) atoms. The number of carbonyl (C=O) groups is 2. The predicted octanol–water partition coefficient (Wildman–Crippen LogP) is 2.66. The summed E-state index contributed by atoms with van der Waals surface area (Å²) < 4.78 is 21.0. The van der Waals surface area contributed by atoms with Crippen LogP contribution in [-0.2, 0) is 14.3 Å². The lowest BCUT2D eigenvalue weighted by atomic mass is 10.2. The minimum Gasteiger partial charge on any atom is -0.496 e. The van der Waals surface area contributed by atoms with Crippen LogP contribution in [-0.4, -0.2) is 38.8 Å². The smallest absolute Gasteiger partial charge is 0.331 e. The zero-order valence-electron chi connectivity index (χ0n) is 14.8. The number of nitrogens with one attached hydrogen (secondary N) is 1. The number of amides is 1. The van der Waals surface area contributed by atoms with Crippen LogP contribution < -0.4 is 19.5 Å². The second-order valence-electron chi connectivity index (χ2n) is 5.59. The zero-order valence-corrected chi connectivity index (χ0v) is 14.8. The predicted molar refractivity (Wildman–Crippen MR) is 99.0 cm³/mol. The van der Waals surface area contributed by atoms with E-state index < -0.39 is 18.5 Å². The van der Waals surface area contributed by atoms with Gasteiger partial charge in [0.1, 0.15) is 19.0 Å². The van der Waals surface area contributed by atoms with Crippen molar-refractivity contribution in [2.45, 2.75) is 0 Å². The molecular weight excluding hydrogens is 350 g/mol. The van der Waals surface area contributed by atoms with Crippen LogP contribution in [0.4, 0.5) is 5.69 Å². The number of fused-ring (bicyclic) bond motifs is 1. The van der Waals surface area contributed by atoms with E-state index in [0.29, 0.717) is 36.1 Å². The Morgan fingerprint density at radius 3 is 2.70 bits per heavy atom. The highest BCUT2D eigenvalue weighted by Crippen LogP contribution is 2.32. The third kappa shape index (κ3) is 5.01. The minimum absolute atomic E-state index is 0.399. The second kappa shape index (κ2) is 8.75. The van der Waals surface area contributed by atoms with Gasteiger partial charge in [-0.3, -0.25) is 4.79 Å². The van der Waals surface area contributed by atoms with Gasteiger partial charge in [0.15, 0.2) is 18.1 Å². The number of methoxy groups -OCH3 is 1. The molecule has 0 saturated carbocycles. The largest absolute Gasteiger partial charge is 0.496 e. The van der Waals surface area contributed by atoms with Gasteiger partial charge < -0.3 is 24.3 Å². The van der Waals surface area contributed by atoms with Crippen LogP contribution in [0.1, 0.15) is 5.56 Å². The number of ether oxygens (including phenoxy) is 4. The van der Waals surface area contributed by atoms with Crippen LogP contribution in [0, 0.1) is 0 Å². The van der Waals surface area contributed by atoms with Crippen molar-refractivity contribution in [3.63, 3.8) is 0 Å². The average Bonchev–Trinajstić information content (AvgIpc) is 2.70. The number of benzene rings is 2. The van der Waals surface area contributed by atoms with E-state index >= 15 is 0 Å². The Bertz CT molecular complexity index is 861. The molecule has 0 saturated heterocycles. The maximum absolute atomic E-state index is 12.0. The SMILES string of the molecule is COc1ccccc1/C=C/C(=O)OCC(=O)Nc1ccc2c(c1)OCCO2. The average molecular weight is 369 g/mol. The highest BCUT2D eigenvalue weighted by molar-refractivity contribution is 5.95. The van der Waals surface area contributed by atoms with Crippen molar-refractivity contribution in [1.29, 1.82) is 0 Å². The van der Waals surface area contributed by atoms with Crippen molar-refractivity contribution in [1.82, 2.24) is 0 Å². The topological polar surface area (TPSA) is 83.1 Å². The molecule has 3 rings (SSSR count). The third-order valence-corrected chi connectivity index (χ3v) is 3.71. The van der Waals surface area contributed by atoms with E-state index in [2.05, 4.69) is 5.32 Å². The molecule has 0 aliphatic carbocycles. The molecule has 0 bridgehead atoms. The van der Waals surface area contributed by atoms with Gasteiger partial charge in [0.25, 0.3) is 5.91 Å². The minimum atomic E-state index is -0.627. The van der Waals surface area contributed by atoms with Gasteiger partial charge in [-0.05, 0) is 24.3 Å². The first kappa shape index (κ1) is 18.3. The molecule has 1 N–H and O–H groups in total. The Morgan fingerprint density at radius 2 is 1.89 bits per heavy atom. The molecule has 7 heteroatoms. The number of hydrogen-bond donors (Lipinski definition) is 1. The van der Waals surface area contributed by atoms with E-state index in [1.807, 2.05) is 12.1 Å². The summed E-state index contributed by atoms with van der Waals surface area (Å²) in [6.07, 6.45) is 2.81. The van der Waals surface area contributed by atoms with Gasteiger partial charge in [-0.25, -0.2) is 4.79 Å². The highest BCUT2D eigenvalue weighted by Gasteiger charge is 2.13. The normalized spacial score (nSPS) is 12.5. The van der Waals surface area contributed by atoms with Gasteiger partial charge in [-0.2, -0.15) is 0 Å². The molecule has 140 valence electrons. The number of carbonyl (C=O) groups excluding carboxylic acids is 2. The number of para-hydroxylation sites is 1. The monoisotopic (exact) mass is 369 g/mol. The fraction of sp³-hybridized carbons (Fsp3) is 0.200. The van der Waals surface area contributed by atoms with Crippen molar-refractivity contribution in [3.8, 4) is 17.2 Å². The molecule has 2 aromatic carbocycles. The number of rotatable bonds is 6. The summed E-state index contributed by atoms with van der Waals surface area (Å²) in [4.78, 5) is 23.8. The molecule has 1 heterocycles. The molecule has 0 aromatic heterocycles. The highest BCUT2D eigenvalue weighted by atomic mass is 16.6. The number of esters is 1. The van der Waals surface area contributed by atoms with Gasteiger partial charge in [0.05, 0.1) is 7.11 Å². The Morgan fingerprint density at radius 1 is 1.11 bits per heavy atom. The van der Waals surface area contributed by atoms with E-state index in [0.717, 1.165) is 5.56 Å². The quantitative estimate of drug-likeness (QED) is 0.623. The number of anilines is 1. The Balaban J connectivity index is 1.50. The molecule has 0 unspecified atom stereocenters. The lowest BCUT2D eigenvalue weighted by molar-refractivity contribution is -0.142. The molecule has 1 aliphatic heterocycles. The van der Waals surface area contributed by atoms with Crippen LogP contribution in [0.15, 0.2) is 48.5 Å². The molecule has 2 aromatic rings. The van der Waals surface area contributed by atoms with E-state index in [4.69, 9.17) is 18.9 Å². The van der Waals surface area contributed by atoms with E-state index in [-0.39, 0.29) is 0 Å². The molecule has 0 spiro atoms. The van der Waals surface area contributed by atoms with Crippen molar-refractivity contribution >= 4 is 23.6 Å². The fourth-order valence-corrected chi connectivity index (χ4v) is 2.46. The summed E-state index contributed by atoms with van der Waals surface area (Å²) >= 11 is 0. The Hall–Kier alpha value is -3.48. The van der Waals surface area contributed by atoms with Crippen LogP contribution in [0.5, 0.6) is 17.2 Å².